The van der Waals surface area contributed by atoms with Gasteiger partial charge in [-0.1, -0.05) is 32.0 Å². The summed E-state index contributed by atoms with van der Waals surface area (Å²) >= 11 is 0. The molecule has 0 saturated heterocycles. The molecule has 0 radical (unpaired) electrons. The van der Waals surface area contributed by atoms with Crippen LogP contribution in [0.15, 0.2) is 47.1 Å². The summed E-state index contributed by atoms with van der Waals surface area (Å²) in [6, 6.07) is 9.31. The lowest BCUT2D eigenvalue weighted by molar-refractivity contribution is -0.148. The SMILES string of the molecule is Cc1cccc(C(C)C)c1NC(=O)[C@H](C)OC(=O)/C=C/c1ccco1. The molecule has 2 aromatic rings. The van der Waals surface area contributed by atoms with Gasteiger partial charge >= 0.3 is 5.97 Å². The number of para-hydroxylation sites is 1. The molecule has 0 fully saturated rings. The van der Waals surface area contributed by atoms with Gasteiger partial charge in [0.25, 0.3) is 5.91 Å². The highest BCUT2D eigenvalue weighted by Gasteiger charge is 2.19. The Hall–Kier alpha value is -2.82. The van der Waals surface area contributed by atoms with Crippen molar-refractivity contribution in [3.8, 4) is 0 Å². The molecule has 0 aliphatic rings. The summed E-state index contributed by atoms with van der Waals surface area (Å²) in [5.41, 5.74) is 2.79. The van der Waals surface area contributed by atoms with E-state index in [1.165, 1.54) is 18.4 Å². The van der Waals surface area contributed by atoms with Gasteiger partial charge in [0.2, 0.25) is 0 Å². The van der Waals surface area contributed by atoms with Crippen LogP contribution >= 0.6 is 0 Å². The number of aryl methyl sites for hydroxylation is 1. The molecule has 1 amide bonds. The van der Waals surface area contributed by atoms with Gasteiger partial charge in [0, 0.05) is 11.8 Å². The standard InChI is InChI=1S/C20H23NO4/c1-13(2)17-9-5-7-14(3)19(17)21-20(23)15(4)25-18(22)11-10-16-8-6-12-24-16/h5-13,15H,1-4H3,(H,21,23)/b11-10+/t15-/m0/s1. The predicted octanol–water partition coefficient (Wildman–Crippen LogP) is 4.30. The van der Waals surface area contributed by atoms with Crippen LogP contribution in [0.4, 0.5) is 5.69 Å². The average molecular weight is 341 g/mol. The summed E-state index contributed by atoms with van der Waals surface area (Å²) in [6.45, 7) is 7.60. The topological polar surface area (TPSA) is 68.5 Å². The fourth-order valence-corrected chi connectivity index (χ4v) is 2.37. The molecule has 5 nitrogen and oxygen atoms in total. The molecule has 0 unspecified atom stereocenters. The Morgan fingerprint density at radius 2 is 1.92 bits per heavy atom. The number of furan rings is 1. The number of carbonyl (C=O) groups is 2. The first-order chi connectivity index (χ1) is 11.9. The van der Waals surface area contributed by atoms with Crippen molar-refractivity contribution in [1.29, 1.82) is 0 Å². The predicted molar refractivity (Wildman–Crippen MR) is 97.2 cm³/mol. The van der Waals surface area contributed by atoms with Crippen LogP contribution in [0.2, 0.25) is 0 Å². The number of carbonyl (C=O) groups excluding carboxylic acids is 2. The first-order valence-corrected chi connectivity index (χ1v) is 8.21. The van der Waals surface area contributed by atoms with E-state index >= 15 is 0 Å². The highest BCUT2D eigenvalue weighted by Crippen LogP contribution is 2.27. The van der Waals surface area contributed by atoms with Gasteiger partial charge < -0.3 is 14.5 Å². The normalized spacial score (nSPS) is 12.4. The van der Waals surface area contributed by atoms with Crippen LogP contribution in [0.5, 0.6) is 0 Å². The lowest BCUT2D eigenvalue weighted by Crippen LogP contribution is -2.30. The molecule has 0 saturated carbocycles. The monoisotopic (exact) mass is 341 g/mol. The van der Waals surface area contributed by atoms with Crippen molar-refractivity contribution in [1.82, 2.24) is 0 Å². The van der Waals surface area contributed by atoms with Gasteiger partial charge in [-0.25, -0.2) is 4.79 Å². The Bertz CT molecular complexity index is 760. The highest BCUT2D eigenvalue weighted by atomic mass is 16.5. The van der Waals surface area contributed by atoms with Crippen LogP contribution in [-0.2, 0) is 14.3 Å². The van der Waals surface area contributed by atoms with Crippen molar-refractivity contribution < 1.29 is 18.7 Å². The molecular weight excluding hydrogens is 318 g/mol. The largest absolute Gasteiger partial charge is 0.465 e. The van der Waals surface area contributed by atoms with E-state index in [1.54, 1.807) is 19.1 Å². The molecule has 1 atom stereocenters. The summed E-state index contributed by atoms with van der Waals surface area (Å²) in [6.07, 6.45) is 3.32. The highest BCUT2D eigenvalue weighted by molar-refractivity contribution is 5.97. The van der Waals surface area contributed by atoms with Crippen molar-refractivity contribution in [3.63, 3.8) is 0 Å². The van der Waals surface area contributed by atoms with Gasteiger partial charge in [0.05, 0.1) is 6.26 Å². The fourth-order valence-electron chi connectivity index (χ4n) is 2.37. The number of esters is 1. The molecule has 1 aromatic carbocycles. The smallest absolute Gasteiger partial charge is 0.331 e. The van der Waals surface area contributed by atoms with Crippen molar-refractivity contribution in [2.45, 2.75) is 39.7 Å². The van der Waals surface area contributed by atoms with E-state index in [9.17, 15) is 9.59 Å². The number of nitrogens with one attached hydrogen (secondary N) is 1. The minimum absolute atomic E-state index is 0.268. The Morgan fingerprint density at radius 1 is 1.16 bits per heavy atom. The van der Waals surface area contributed by atoms with Gasteiger partial charge in [0.1, 0.15) is 5.76 Å². The molecule has 132 valence electrons. The molecule has 1 heterocycles. The quantitative estimate of drug-likeness (QED) is 0.628. The third-order valence-corrected chi connectivity index (χ3v) is 3.76. The molecule has 25 heavy (non-hydrogen) atoms. The summed E-state index contributed by atoms with van der Waals surface area (Å²) in [4.78, 5) is 24.2. The second-order valence-corrected chi connectivity index (χ2v) is 6.11. The van der Waals surface area contributed by atoms with Crippen molar-refractivity contribution in [3.05, 3.63) is 59.6 Å². The maximum Gasteiger partial charge on any atom is 0.331 e. The molecule has 1 N–H and O–H groups in total. The maximum atomic E-state index is 12.4. The zero-order chi connectivity index (χ0) is 18.4. The van der Waals surface area contributed by atoms with E-state index in [0.29, 0.717) is 5.76 Å². The van der Waals surface area contributed by atoms with Crippen molar-refractivity contribution in [2.24, 2.45) is 0 Å². The summed E-state index contributed by atoms with van der Waals surface area (Å²) in [5, 5.41) is 2.88. The summed E-state index contributed by atoms with van der Waals surface area (Å²) < 4.78 is 10.2. The van der Waals surface area contributed by atoms with Crippen molar-refractivity contribution in [2.75, 3.05) is 5.32 Å². The van der Waals surface area contributed by atoms with Gasteiger partial charge in [-0.15, -0.1) is 0 Å². The lowest BCUT2D eigenvalue weighted by Gasteiger charge is -2.18. The second-order valence-electron chi connectivity index (χ2n) is 6.11. The molecular formula is C20H23NO4. The van der Waals surface area contributed by atoms with Gasteiger partial charge in [-0.3, -0.25) is 4.79 Å². The Kier molecular flexibility index (Phi) is 6.17. The molecule has 0 bridgehead atoms. The van der Waals surface area contributed by atoms with Gasteiger partial charge in [0.15, 0.2) is 6.10 Å². The van der Waals surface area contributed by atoms with Crippen LogP contribution in [0.25, 0.3) is 6.08 Å². The first kappa shape index (κ1) is 18.5. The number of anilines is 1. The van der Waals surface area contributed by atoms with Crippen LogP contribution in [0.1, 0.15) is 43.6 Å². The molecule has 0 aliphatic heterocycles. The number of amides is 1. The van der Waals surface area contributed by atoms with E-state index in [1.807, 2.05) is 25.1 Å². The molecule has 0 aliphatic carbocycles. The Balaban J connectivity index is 2.00. The third-order valence-electron chi connectivity index (χ3n) is 3.76. The lowest BCUT2D eigenvalue weighted by atomic mass is 9.98. The second kappa shape index (κ2) is 8.33. The van der Waals surface area contributed by atoms with E-state index in [0.717, 1.165) is 16.8 Å². The van der Waals surface area contributed by atoms with Crippen LogP contribution in [0.3, 0.4) is 0 Å². The molecule has 1 aromatic heterocycles. The van der Waals surface area contributed by atoms with Crippen LogP contribution < -0.4 is 5.32 Å². The number of benzene rings is 1. The van der Waals surface area contributed by atoms with Crippen LogP contribution in [0, 0.1) is 6.92 Å². The zero-order valence-corrected chi connectivity index (χ0v) is 14.9. The van der Waals surface area contributed by atoms with Gasteiger partial charge in [-0.2, -0.15) is 0 Å². The number of hydrogen-bond acceptors (Lipinski definition) is 4. The summed E-state index contributed by atoms with van der Waals surface area (Å²) in [7, 11) is 0. The molecule has 2 rings (SSSR count). The molecule has 0 spiro atoms. The number of rotatable bonds is 6. The van der Waals surface area contributed by atoms with E-state index < -0.39 is 12.1 Å². The van der Waals surface area contributed by atoms with Crippen molar-refractivity contribution >= 4 is 23.6 Å². The van der Waals surface area contributed by atoms with E-state index in [4.69, 9.17) is 9.15 Å². The number of ether oxygens (including phenoxy) is 1. The van der Waals surface area contributed by atoms with E-state index in [2.05, 4.69) is 19.2 Å². The number of hydrogen-bond donors (Lipinski definition) is 1. The first-order valence-electron chi connectivity index (χ1n) is 8.21. The Labute approximate surface area is 147 Å². The van der Waals surface area contributed by atoms with Crippen LogP contribution in [-0.4, -0.2) is 18.0 Å². The fraction of sp³-hybridized carbons (Fsp3) is 0.300. The minimum Gasteiger partial charge on any atom is -0.465 e. The summed E-state index contributed by atoms with van der Waals surface area (Å²) in [5.74, 6) is -0.163. The van der Waals surface area contributed by atoms with E-state index in [-0.39, 0.29) is 11.8 Å². The Morgan fingerprint density at radius 3 is 2.56 bits per heavy atom. The zero-order valence-electron chi connectivity index (χ0n) is 14.9. The average Bonchev–Trinajstić information content (AvgIpc) is 3.07. The van der Waals surface area contributed by atoms with Gasteiger partial charge in [-0.05, 0) is 49.1 Å². The third kappa shape index (κ3) is 5.08. The minimum atomic E-state index is -0.909. The molecule has 5 heteroatoms. The maximum absolute atomic E-state index is 12.4.